The molecule has 0 radical (unpaired) electrons. The van der Waals surface area contributed by atoms with Crippen molar-refractivity contribution in [3.05, 3.63) is 94.4 Å². The topological polar surface area (TPSA) is 18.5 Å². The summed E-state index contributed by atoms with van der Waals surface area (Å²) in [5.41, 5.74) is 0.276. The van der Waals surface area contributed by atoms with E-state index in [-0.39, 0.29) is 17.9 Å². The molecular formula is C29H29F7O2. The van der Waals surface area contributed by atoms with E-state index < -0.39 is 53.9 Å². The Hall–Kier alpha value is -2.65. The number of alkyl halides is 6. The molecule has 0 saturated carbocycles. The molecule has 0 saturated heterocycles. The first-order chi connectivity index (χ1) is 17.9. The molecule has 0 fully saturated rings. The molecule has 0 spiro atoms. The molecule has 9 heteroatoms. The van der Waals surface area contributed by atoms with Crippen LogP contribution in [-0.4, -0.2) is 38.3 Å². The number of allylic oxidation sites excluding steroid dienone is 7. The number of rotatable bonds is 6. The lowest BCUT2D eigenvalue weighted by atomic mass is 9.72. The van der Waals surface area contributed by atoms with Gasteiger partial charge >= 0.3 is 12.4 Å². The predicted molar refractivity (Wildman–Crippen MR) is 130 cm³/mol. The van der Waals surface area contributed by atoms with Crippen molar-refractivity contribution in [2.75, 3.05) is 13.7 Å². The first-order valence-electron chi connectivity index (χ1n) is 12.4. The Morgan fingerprint density at radius 2 is 1.71 bits per heavy atom. The molecule has 1 aromatic rings. The fourth-order valence-corrected chi connectivity index (χ4v) is 5.56. The summed E-state index contributed by atoms with van der Waals surface area (Å²) in [6.07, 6.45) is -1.92. The number of methoxy groups -OCH3 is 1. The van der Waals surface area contributed by atoms with Gasteiger partial charge in [-0.1, -0.05) is 42.5 Å². The van der Waals surface area contributed by atoms with Crippen LogP contribution in [-0.2, 0) is 9.47 Å². The van der Waals surface area contributed by atoms with Crippen LogP contribution in [0, 0.1) is 17.7 Å². The molecule has 3 aliphatic rings. The zero-order valence-electron chi connectivity index (χ0n) is 21.0. The minimum Gasteiger partial charge on any atom is -0.384 e. The standard InChI is InChI=1S/C29H29F7O2/c1-17(21-13-22(28(31,32)33)15-23(14-21)29(34,35)36)38-25-12-9-18-5-3-4-6-20(16-37-2)26(18)27(25)19-7-10-24(30)11-8-19/h3-8,10-11,13,15,17,20-21,25,27H,9,12,14,16H2,1-2H3/t17-,20?,21?,25?,27-/m0/s1. The SMILES string of the molecule is COCC1C=CC=CC2=C1[C@@H](c1ccc(F)cc1)C(O[C@@H](C)C1C=C(C(F)(F)F)C=C(C(F)(F)F)C1)CC2. The summed E-state index contributed by atoms with van der Waals surface area (Å²) < 4.78 is 106. The van der Waals surface area contributed by atoms with E-state index in [1.54, 1.807) is 19.2 Å². The third-order valence-electron chi connectivity index (χ3n) is 7.37. The fourth-order valence-electron chi connectivity index (χ4n) is 5.56. The number of benzene rings is 1. The summed E-state index contributed by atoms with van der Waals surface area (Å²) in [7, 11) is 1.58. The van der Waals surface area contributed by atoms with Crippen molar-refractivity contribution in [3.63, 3.8) is 0 Å². The van der Waals surface area contributed by atoms with Crippen molar-refractivity contribution < 1.29 is 40.2 Å². The summed E-state index contributed by atoms with van der Waals surface area (Å²) in [6.45, 7) is 1.89. The third-order valence-corrected chi connectivity index (χ3v) is 7.37. The van der Waals surface area contributed by atoms with E-state index >= 15 is 0 Å². The lowest BCUT2D eigenvalue weighted by molar-refractivity contribution is -0.104. The van der Waals surface area contributed by atoms with E-state index in [9.17, 15) is 30.7 Å². The van der Waals surface area contributed by atoms with E-state index in [2.05, 4.69) is 0 Å². The molecule has 4 rings (SSSR count). The highest BCUT2D eigenvalue weighted by atomic mass is 19.4. The summed E-state index contributed by atoms with van der Waals surface area (Å²) in [4.78, 5) is 0. The van der Waals surface area contributed by atoms with Crippen molar-refractivity contribution >= 4 is 0 Å². The van der Waals surface area contributed by atoms with Gasteiger partial charge in [-0.25, -0.2) is 4.39 Å². The first kappa shape index (κ1) is 28.4. The molecule has 0 bridgehead atoms. The average molecular weight is 543 g/mol. The van der Waals surface area contributed by atoms with Crippen LogP contribution in [0.1, 0.15) is 37.7 Å². The van der Waals surface area contributed by atoms with E-state index in [1.165, 1.54) is 19.1 Å². The van der Waals surface area contributed by atoms with Crippen molar-refractivity contribution in [1.82, 2.24) is 0 Å². The van der Waals surface area contributed by atoms with Crippen LogP contribution >= 0.6 is 0 Å². The summed E-state index contributed by atoms with van der Waals surface area (Å²) >= 11 is 0. The Balaban J connectivity index is 1.69. The van der Waals surface area contributed by atoms with Gasteiger partial charge in [-0.3, -0.25) is 0 Å². The molecule has 0 aliphatic heterocycles. The van der Waals surface area contributed by atoms with E-state index in [4.69, 9.17) is 9.47 Å². The molecule has 0 aromatic heterocycles. The highest BCUT2D eigenvalue weighted by Crippen LogP contribution is 2.47. The number of hydrogen-bond acceptors (Lipinski definition) is 2. The van der Waals surface area contributed by atoms with Gasteiger partial charge in [0.15, 0.2) is 0 Å². The molecule has 2 nitrogen and oxygen atoms in total. The maximum absolute atomic E-state index is 13.8. The second-order valence-corrected chi connectivity index (χ2v) is 9.89. The van der Waals surface area contributed by atoms with Crippen LogP contribution in [0.2, 0.25) is 0 Å². The zero-order chi connectivity index (χ0) is 27.7. The van der Waals surface area contributed by atoms with Gasteiger partial charge < -0.3 is 9.47 Å². The number of halogens is 7. The predicted octanol–water partition coefficient (Wildman–Crippen LogP) is 8.16. The van der Waals surface area contributed by atoms with Crippen molar-refractivity contribution in [1.29, 1.82) is 0 Å². The monoisotopic (exact) mass is 542 g/mol. The van der Waals surface area contributed by atoms with Gasteiger partial charge in [0.1, 0.15) is 5.82 Å². The Morgan fingerprint density at radius 3 is 2.34 bits per heavy atom. The highest BCUT2D eigenvalue weighted by molar-refractivity contribution is 5.45. The van der Waals surface area contributed by atoms with Gasteiger partial charge in [-0.2, -0.15) is 26.3 Å². The zero-order valence-corrected chi connectivity index (χ0v) is 21.0. The van der Waals surface area contributed by atoms with Gasteiger partial charge in [-0.15, -0.1) is 0 Å². The van der Waals surface area contributed by atoms with Crippen LogP contribution in [0.25, 0.3) is 0 Å². The van der Waals surface area contributed by atoms with Gasteiger partial charge in [0.05, 0.1) is 24.4 Å². The van der Waals surface area contributed by atoms with Gasteiger partial charge in [0.2, 0.25) is 0 Å². The van der Waals surface area contributed by atoms with Crippen LogP contribution in [0.5, 0.6) is 0 Å². The van der Waals surface area contributed by atoms with Gasteiger partial charge in [0.25, 0.3) is 0 Å². The molecule has 3 aliphatic carbocycles. The highest BCUT2D eigenvalue weighted by Gasteiger charge is 2.44. The largest absolute Gasteiger partial charge is 0.416 e. The molecule has 1 aromatic carbocycles. The smallest absolute Gasteiger partial charge is 0.384 e. The summed E-state index contributed by atoms with van der Waals surface area (Å²) in [6, 6.07) is 5.95. The van der Waals surface area contributed by atoms with Crippen LogP contribution in [0.4, 0.5) is 30.7 Å². The molecule has 0 N–H and O–H groups in total. The fraction of sp³-hybridized carbons (Fsp3) is 0.448. The quantitative estimate of drug-likeness (QED) is 0.338. The molecule has 3 unspecified atom stereocenters. The minimum atomic E-state index is -4.91. The number of ether oxygens (including phenoxy) is 2. The van der Waals surface area contributed by atoms with Gasteiger partial charge in [0, 0.05) is 30.4 Å². The van der Waals surface area contributed by atoms with Crippen LogP contribution in [0.15, 0.2) is 83.0 Å². The van der Waals surface area contributed by atoms with Crippen molar-refractivity contribution in [2.45, 2.75) is 56.7 Å². The Morgan fingerprint density at radius 1 is 1.00 bits per heavy atom. The molecular weight excluding hydrogens is 513 g/mol. The third kappa shape index (κ3) is 6.31. The second-order valence-electron chi connectivity index (χ2n) is 9.89. The lowest BCUT2D eigenvalue weighted by Gasteiger charge is -2.40. The maximum Gasteiger partial charge on any atom is 0.416 e. The van der Waals surface area contributed by atoms with E-state index in [0.29, 0.717) is 19.4 Å². The molecule has 206 valence electrons. The summed E-state index contributed by atoms with van der Waals surface area (Å²) in [5.74, 6) is -2.06. The van der Waals surface area contributed by atoms with E-state index in [0.717, 1.165) is 22.8 Å². The molecule has 0 heterocycles. The molecule has 5 atom stereocenters. The Bertz CT molecular complexity index is 1150. The molecule has 0 amide bonds. The van der Waals surface area contributed by atoms with Crippen molar-refractivity contribution in [2.24, 2.45) is 11.8 Å². The minimum absolute atomic E-state index is 0.132. The van der Waals surface area contributed by atoms with Crippen LogP contribution in [0.3, 0.4) is 0 Å². The summed E-state index contributed by atoms with van der Waals surface area (Å²) in [5, 5.41) is 0. The second kappa shape index (κ2) is 11.2. The Labute approximate surface area is 217 Å². The Kier molecular flexibility index (Phi) is 8.37. The first-order valence-corrected chi connectivity index (χ1v) is 12.4. The lowest BCUT2D eigenvalue weighted by Crippen LogP contribution is -2.37. The van der Waals surface area contributed by atoms with Crippen molar-refractivity contribution in [3.8, 4) is 0 Å². The van der Waals surface area contributed by atoms with Crippen LogP contribution < -0.4 is 0 Å². The van der Waals surface area contributed by atoms with E-state index in [1.807, 2.05) is 24.3 Å². The average Bonchev–Trinajstić information content (AvgIpc) is 3.06. The number of hydrogen-bond donors (Lipinski definition) is 0. The normalized spacial score (nSPS) is 27.0. The molecule has 38 heavy (non-hydrogen) atoms. The maximum atomic E-state index is 13.8. The van der Waals surface area contributed by atoms with Gasteiger partial charge in [-0.05, 0) is 61.1 Å².